The summed E-state index contributed by atoms with van der Waals surface area (Å²) in [4.78, 5) is 0. The van der Waals surface area contributed by atoms with E-state index in [9.17, 15) is 0 Å². The Kier molecular flexibility index (Phi) is 6.83. The van der Waals surface area contributed by atoms with Crippen molar-refractivity contribution in [2.45, 2.75) is 92.1 Å². The van der Waals surface area contributed by atoms with E-state index in [-0.39, 0.29) is 0 Å². The first-order chi connectivity index (χ1) is 11.2. The molecular weight excluding hydrogens is 316 g/mol. The van der Waals surface area contributed by atoms with Gasteiger partial charge in [0.2, 0.25) is 0 Å². The maximum atomic E-state index is 2.54. The number of hydrogen-bond donors (Lipinski definition) is 0. The smallest absolute Gasteiger partial charge is 0.0628 e. The first-order valence-corrected chi connectivity index (χ1v) is 11.4. The van der Waals surface area contributed by atoms with E-state index in [1.807, 2.05) is 0 Å². The third kappa shape index (κ3) is 5.74. The van der Waals surface area contributed by atoms with Crippen LogP contribution in [0.2, 0.25) is 0 Å². The van der Waals surface area contributed by atoms with Crippen molar-refractivity contribution in [3.05, 3.63) is 35.9 Å². The Morgan fingerprint density at radius 3 is 1.74 bits per heavy atom. The number of hydrogen-bond acceptors (Lipinski definition) is 2. The summed E-state index contributed by atoms with van der Waals surface area (Å²) in [5, 5.41) is 1.79. The zero-order chi connectivity index (χ0) is 16.0. The van der Waals surface area contributed by atoms with E-state index < -0.39 is 0 Å². The molecule has 0 nitrogen and oxygen atoms in total. The third-order valence-corrected chi connectivity index (χ3v) is 8.78. The lowest BCUT2D eigenvalue weighted by molar-refractivity contribution is 0.510. The molecule has 2 fully saturated rings. The van der Waals surface area contributed by atoms with E-state index in [1.165, 1.54) is 76.2 Å². The minimum Gasteiger partial charge on any atom is -0.141 e. The Bertz CT molecular complexity index is 424. The van der Waals surface area contributed by atoms with Gasteiger partial charge in [-0.2, -0.15) is 0 Å². The van der Waals surface area contributed by atoms with Gasteiger partial charge < -0.3 is 0 Å². The van der Waals surface area contributed by atoms with Gasteiger partial charge in [0.25, 0.3) is 0 Å². The maximum Gasteiger partial charge on any atom is 0.0628 e. The fourth-order valence-electron chi connectivity index (χ4n) is 4.15. The van der Waals surface area contributed by atoms with Crippen LogP contribution in [0.4, 0.5) is 0 Å². The minimum absolute atomic E-state index is 0.353. The van der Waals surface area contributed by atoms with Crippen molar-refractivity contribution in [1.82, 2.24) is 0 Å². The molecule has 0 heterocycles. The summed E-state index contributed by atoms with van der Waals surface area (Å²) in [7, 11) is 0. The van der Waals surface area contributed by atoms with Gasteiger partial charge in [0.05, 0.1) is 4.08 Å². The highest BCUT2D eigenvalue weighted by Crippen LogP contribution is 2.49. The quantitative estimate of drug-likeness (QED) is 0.504. The lowest BCUT2D eigenvalue weighted by atomic mass is 10.0. The van der Waals surface area contributed by atoms with Crippen LogP contribution >= 0.6 is 23.5 Å². The minimum atomic E-state index is 0.353. The van der Waals surface area contributed by atoms with Gasteiger partial charge in [0.1, 0.15) is 0 Å². The van der Waals surface area contributed by atoms with Crippen molar-refractivity contribution in [3.63, 3.8) is 0 Å². The molecule has 0 spiro atoms. The fourth-order valence-corrected chi connectivity index (χ4v) is 8.24. The zero-order valence-electron chi connectivity index (χ0n) is 14.6. The molecule has 0 aliphatic heterocycles. The topological polar surface area (TPSA) is 0 Å². The lowest BCUT2D eigenvalue weighted by Gasteiger charge is -2.38. The van der Waals surface area contributed by atoms with Crippen LogP contribution in [0.1, 0.15) is 76.7 Å². The first kappa shape index (κ1) is 17.7. The number of thioether (sulfide) groups is 2. The van der Waals surface area contributed by atoms with Crippen LogP contribution in [0.5, 0.6) is 0 Å². The normalized spacial score (nSPS) is 21.4. The molecule has 0 saturated heterocycles. The summed E-state index contributed by atoms with van der Waals surface area (Å²) in [6.45, 7) is 2.54. The van der Waals surface area contributed by atoms with Crippen LogP contribution in [0.25, 0.3) is 0 Å². The van der Waals surface area contributed by atoms with E-state index >= 15 is 0 Å². The average Bonchev–Trinajstić information content (AvgIpc) is 2.57. The van der Waals surface area contributed by atoms with Crippen molar-refractivity contribution in [1.29, 1.82) is 0 Å². The Balaban J connectivity index is 1.67. The second-order valence-electron chi connectivity index (χ2n) is 7.55. The molecule has 0 unspecified atom stereocenters. The predicted molar refractivity (Wildman–Crippen MR) is 107 cm³/mol. The van der Waals surface area contributed by atoms with E-state index in [4.69, 9.17) is 0 Å². The van der Waals surface area contributed by atoms with Gasteiger partial charge in [-0.25, -0.2) is 0 Å². The molecule has 0 bridgehead atoms. The molecule has 0 N–H and O–H groups in total. The Morgan fingerprint density at radius 1 is 0.783 bits per heavy atom. The maximum absolute atomic E-state index is 2.54. The molecule has 1 aromatic carbocycles. The zero-order valence-corrected chi connectivity index (χ0v) is 16.3. The molecule has 128 valence electrons. The fraction of sp³-hybridized carbons (Fsp3) is 0.714. The van der Waals surface area contributed by atoms with Crippen molar-refractivity contribution in [2.24, 2.45) is 0 Å². The molecule has 0 aromatic heterocycles. The Labute approximate surface area is 151 Å². The first-order valence-electron chi connectivity index (χ1n) is 9.63. The van der Waals surface area contributed by atoms with Gasteiger partial charge in [0.15, 0.2) is 0 Å². The third-order valence-electron chi connectivity index (χ3n) is 5.30. The van der Waals surface area contributed by atoms with Gasteiger partial charge in [-0.1, -0.05) is 68.9 Å². The molecule has 1 aromatic rings. The molecule has 23 heavy (non-hydrogen) atoms. The van der Waals surface area contributed by atoms with Crippen LogP contribution < -0.4 is 0 Å². The average molecular weight is 349 g/mol. The van der Waals surface area contributed by atoms with Gasteiger partial charge in [-0.3, -0.25) is 0 Å². The summed E-state index contributed by atoms with van der Waals surface area (Å²) in [5.41, 5.74) is 1.52. The van der Waals surface area contributed by atoms with Gasteiger partial charge in [-0.05, 0) is 44.6 Å². The Hall–Kier alpha value is -0.0800. The Morgan fingerprint density at radius 2 is 1.26 bits per heavy atom. The molecule has 0 atom stereocenters. The van der Waals surface area contributed by atoms with Crippen LogP contribution in [0.3, 0.4) is 0 Å². The molecular formula is C21H32S2. The summed E-state index contributed by atoms with van der Waals surface area (Å²) in [6, 6.07) is 11.2. The highest BCUT2D eigenvalue weighted by Gasteiger charge is 2.33. The molecule has 2 heteroatoms. The van der Waals surface area contributed by atoms with Gasteiger partial charge >= 0.3 is 0 Å². The van der Waals surface area contributed by atoms with Gasteiger partial charge in [0, 0.05) is 10.5 Å². The van der Waals surface area contributed by atoms with Crippen molar-refractivity contribution in [3.8, 4) is 0 Å². The summed E-state index contributed by atoms with van der Waals surface area (Å²) >= 11 is 4.64. The van der Waals surface area contributed by atoms with Crippen molar-refractivity contribution < 1.29 is 0 Å². The second-order valence-corrected chi connectivity index (χ2v) is 11.4. The summed E-state index contributed by atoms with van der Waals surface area (Å²) in [6.07, 6.45) is 15.7. The van der Waals surface area contributed by atoms with Crippen LogP contribution in [0, 0.1) is 0 Å². The highest BCUT2D eigenvalue weighted by molar-refractivity contribution is 8.18. The largest absolute Gasteiger partial charge is 0.141 e. The van der Waals surface area contributed by atoms with E-state index in [2.05, 4.69) is 60.8 Å². The summed E-state index contributed by atoms with van der Waals surface area (Å²) < 4.78 is 0.353. The standard InChI is InChI=1S/C21H32S2/c1-21(17-18-11-5-2-6-12-18,22-19-13-7-3-8-14-19)23-20-15-9-4-10-16-20/h2,5-6,11-12,19-20H,3-4,7-10,13-17H2,1H3. The SMILES string of the molecule is CC(Cc1ccccc1)(SC1CCCCC1)SC1CCCCC1. The molecule has 2 aliphatic rings. The highest BCUT2D eigenvalue weighted by atomic mass is 32.2. The monoisotopic (exact) mass is 348 g/mol. The predicted octanol–water partition coefficient (Wildman–Crippen LogP) is 7.08. The molecule has 3 rings (SSSR count). The number of benzene rings is 1. The molecule has 2 saturated carbocycles. The van der Waals surface area contributed by atoms with E-state index in [0.717, 1.165) is 10.5 Å². The van der Waals surface area contributed by atoms with Crippen LogP contribution in [0.15, 0.2) is 30.3 Å². The van der Waals surface area contributed by atoms with Crippen LogP contribution in [-0.2, 0) is 6.42 Å². The summed E-state index contributed by atoms with van der Waals surface area (Å²) in [5.74, 6) is 0. The lowest BCUT2D eigenvalue weighted by Crippen LogP contribution is -2.28. The van der Waals surface area contributed by atoms with Crippen LogP contribution in [-0.4, -0.2) is 14.6 Å². The van der Waals surface area contributed by atoms with Crippen molar-refractivity contribution >= 4 is 23.5 Å². The molecule has 0 radical (unpaired) electrons. The number of rotatable bonds is 6. The van der Waals surface area contributed by atoms with Gasteiger partial charge in [-0.15, -0.1) is 23.5 Å². The van der Waals surface area contributed by atoms with Crippen molar-refractivity contribution in [2.75, 3.05) is 0 Å². The van der Waals surface area contributed by atoms with E-state index in [1.54, 1.807) is 0 Å². The molecule has 0 amide bonds. The second kappa shape index (κ2) is 8.85. The molecule has 2 aliphatic carbocycles. The van der Waals surface area contributed by atoms with E-state index in [0.29, 0.717) is 4.08 Å².